The van der Waals surface area contributed by atoms with E-state index in [4.69, 9.17) is 0 Å². The number of rotatable bonds is 8. The van der Waals surface area contributed by atoms with Gasteiger partial charge in [0.1, 0.15) is 17.8 Å². The molecule has 11 heteroatoms. The van der Waals surface area contributed by atoms with Crippen molar-refractivity contribution in [3.8, 4) is 5.82 Å². The van der Waals surface area contributed by atoms with Gasteiger partial charge in [0.25, 0.3) is 5.69 Å². The summed E-state index contributed by atoms with van der Waals surface area (Å²) in [5.74, 6) is 1.30. The van der Waals surface area contributed by atoms with E-state index in [-0.39, 0.29) is 22.3 Å². The van der Waals surface area contributed by atoms with Gasteiger partial charge in [0.2, 0.25) is 10.0 Å². The minimum absolute atomic E-state index is 0.107. The van der Waals surface area contributed by atoms with Gasteiger partial charge in [-0.05, 0) is 55.4 Å². The molecule has 0 saturated heterocycles. The van der Waals surface area contributed by atoms with Gasteiger partial charge in [0.05, 0.1) is 9.82 Å². The molecule has 0 bridgehead atoms. The maximum absolute atomic E-state index is 12.8. The Labute approximate surface area is 192 Å². The number of hydrogen-bond acceptors (Lipinski definition) is 7. The Morgan fingerprint density at radius 3 is 2.61 bits per heavy atom. The number of nitrogens with zero attached hydrogens (tertiary/aromatic N) is 4. The molecule has 0 radical (unpaired) electrons. The van der Waals surface area contributed by atoms with Crippen molar-refractivity contribution in [1.82, 2.24) is 19.3 Å². The highest BCUT2D eigenvalue weighted by Crippen LogP contribution is 2.29. The summed E-state index contributed by atoms with van der Waals surface area (Å²) in [6.45, 7) is 2.45. The highest BCUT2D eigenvalue weighted by Gasteiger charge is 2.26. The molecule has 0 unspecified atom stereocenters. The first kappa shape index (κ1) is 22.9. The van der Waals surface area contributed by atoms with Crippen LogP contribution in [0.1, 0.15) is 38.2 Å². The molecule has 0 spiro atoms. The van der Waals surface area contributed by atoms with Crippen molar-refractivity contribution in [1.29, 1.82) is 0 Å². The van der Waals surface area contributed by atoms with E-state index >= 15 is 0 Å². The number of aromatic nitrogens is 3. The third-order valence-electron chi connectivity index (χ3n) is 5.87. The van der Waals surface area contributed by atoms with Crippen LogP contribution in [0, 0.1) is 16.0 Å². The monoisotopic (exact) mass is 470 g/mol. The summed E-state index contributed by atoms with van der Waals surface area (Å²) in [7, 11) is -3.84. The van der Waals surface area contributed by atoms with E-state index in [0.29, 0.717) is 18.3 Å². The topological polar surface area (TPSA) is 132 Å². The molecule has 33 heavy (non-hydrogen) atoms. The average Bonchev–Trinajstić information content (AvgIpc) is 3.34. The van der Waals surface area contributed by atoms with Crippen LogP contribution < -0.4 is 10.0 Å². The second-order valence-corrected chi connectivity index (χ2v) is 10.1. The van der Waals surface area contributed by atoms with E-state index in [1.807, 2.05) is 12.1 Å². The number of imidazole rings is 1. The van der Waals surface area contributed by atoms with Crippen LogP contribution >= 0.6 is 0 Å². The Morgan fingerprint density at radius 1 is 1.18 bits per heavy atom. The number of nitro groups is 1. The zero-order valence-corrected chi connectivity index (χ0v) is 19.0. The first-order valence-electron chi connectivity index (χ1n) is 10.8. The molecular weight excluding hydrogens is 444 g/mol. The van der Waals surface area contributed by atoms with Crippen LogP contribution in [0.3, 0.4) is 0 Å². The molecule has 1 saturated carbocycles. The van der Waals surface area contributed by atoms with Crippen LogP contribution in [-0.4, -0.2) is 33.9 Å². The number of nitrogens with one attached hydrogen (secondary N) is 2. The second-order valence-electron chi connectivity index (χ2n) is 8.36. The number of pyridine rings is 1. The maximum atomic E-state index is 12.8. The number of sulfonamides is 1. The largest absolute Gasteiger partial charge is 0.375 e. The summed E-state index contributed by atoms with van der Waals surface area (Å²) >= 11 is 0. The highest BCUT2D eigenvalue weighted by molar-refractivity contribution is 7.89. The summed E-state index contributed by atoms with van der Waals surface area (Å²) in [6.07, 6.45) is 10.2. The van der Waals surface area contributed by atoms with Crippen molar-refractivity contribution in [2.24, 2.45) is 5.92 Å². The molecule has 174 valence electrons. The molecule has 0 aliphatic heterocycles. The molecule has 1 aliphatic rings. The third-order valence-corrected chi connectivity index (χ3v) is 7.39. The van der Waals surface area contributed by atoms with Gasteiger partial charge in [-0.3, -0.25) is 14.7 Å². The van der Waals surface area contributed by atoms with Gasteiger partial charge >= 0.3 is 0 Å². The van der Waals surface area contributed by atoms with Gasteiger partial charge in [-0.1, -0.05) is 13.0 Å². The summed E-state index contributed by atoms with van der Waals surface area (Å²) in [4.78, 5) is 19.3. The Balaban J connectivity index is 1.46. The fourth-order valence-corrected chi connectivity index (χ4v) is 5.24. The molecule has 0 atom stereocenters. The lowest BCUT2D eigenvalue weighted by molar-refractivity contribution is -0.384. The average molecular weight is 471 g/mol. The molecule has 3 aromatic rings. The molecule has 2 heterocycles. The number of nitro benzene ring substituents is 1. The normalized spacial score (nSPS) is 18.7. The van der Waals surface area contributed by atoms with Crippen molar-refractivity contribution in [3.63, 3.8) is 0 Å². The standard InChI is InChI=1S/C22H26N6O4S/c1-16-2-5-18(6-3-16)26-33(31,32)19-7-8-20(21(12-19)28(29)30)24-13-17-4-9-22(25-14-17)27-11-10-23-15-27/h4,7-12,14-16,18,24,26H,2-3,5-6,13H2,1H3. The molecule has 2 N–H and O–H groups in total. The fraction of sp³-hybridized carbons (Fsp3) is 0.364. The first-order valence-corrected chi connectivity index (χ1v) is 12.3. The van der Waals surface area contributed by atoms with E-state index < -0.39 is 14.9 Å². The summed E-state index contributed by atoms with van der Waals surface area (Å²) in [6, 6.07) is 7.47. The van der Waals surface area contributed by atoms with Crippen LogP contribution in [0.5, 0.6) is 0 Å². The minimum atomic E-state index is -3.84. The Morgan fingerprint density at radius 2 is 1.97 bits per heavy atom. The van der Waals surface area contributed by atoms with Gasteiger partial charge in [-0.2, -0.15) is 0 Å². The summed E-state index contributed by atoms with van der Waals surface area (Å²) in [5, 5.41) is 14.7. The molecule has 4 rings (SSSR count). The van der Waals surface area contributed by atoms with Crippen molar-refractivity contribution < 1.29 is 13.3 Å². The van der Waals surface area contributed by atoms with Crippen LogP contribution in [0.4, 0.5) is 11.4 Å². The Kier molecular flexibility index (Phi) is 6.70. The van der Waals surface area contributed by atoms with E-state index in [2.05, 4.69) is 26.9 Å². The SMILES string of the molecule is CC1CCC(NS(=O)(=O)c2ccc(NCc3ccc(-n4ccnc4)nc3)c([N+](=O)[O-])c2)CC1. The number of benzene rings is 1. The van der Waals surface area contributed by atoms with Crippen LogP contribution in [0.2, 0.25) is 0 Å². The van der Waals surface area contributed by atoms with Crippen LogP contribution in [0.15, 0.2) is 60.1 Å². The Hall–Kier alpha value is -3.31. The van der Waals surface area contributed by atoms with Gasteiger partial charge in [-0.15, -0.1) is 0 Å². The Bertz CT molecular complexity index is 1200. The molecule has 1 fully saturated rings. The summed E-state index contributed by atoms with van der Waals surface area (Å²) in [5.41, 5.74) is 0.764. The maximum Gasteiger partial charge on any atom is 0.293 e. The predicted octanol–water partition coefficient (Wildman–Crippen LogP) is 3.64. The first-order chi connectivity index (χ1) is 15.8. The third kappa shape index (κ3) is 5.55. The molecule has 1 aliphatic carbocycles. The molecule has 10 nitrogen and oxygen atoms in total. The highest BCUT2D eigenvalue weighted by atomic mass is 32.2. The smallest absolute Gasteiger partial charge is 0.293 e. The predicted molar refractivity (Wildman–Crippen MR) is 124 cm³/mol. The van der Waals surface area contributed by atoms with Crippen LogP contribution in [0.25, 0.3) is 5.82 Å². The van der Waals surface area contributed by atoms with Gasteiger partial charge < -0.3 is 5.32 Å². The molecule has 2 aromatic heterocycles. The van der Waals surface area contributed by atoms with E-state index in [1.54, 1.807) is 29.5 Å². The van der Waals surface area contributed by atoms with Gasteiger partial charge in [0.15, 0.2) is 0 Å². The van der Waals surface area contributed by atoms with Crippen molar-refractivity contribution >= 4 is 21.4 Å². The second kappa shape index (κ2) is 9.67. The summed E-state index contributed by atoms with van der Waals surface area (Å²) < 4.78 is 30.1. The van der Waals surface area contributed by atoms with Crippen LogP contribution in [-0.2, 0) is 16.6 Å². The number of anilines is 1. The van der Waals surface area contributed by atoms with Gasteiger partial charge in [-0.25, -0.2) is 23.1 Å². The zero-order valence-electron chi connectivity index (χ0n) is 18.2. The van der Waals surface area contributed by atoms with E-state index in [1.165, 1.54) is 12.1 Å². The zero-order chi connectivity index (χ0) is 23.4. The lowest BCUT2D eigenvalue weighted by atomic mass is 9.88. The quantitative estimate of drug-likeness (QED) is 0.379. The van der Waals surface area contributed by atoms with Gasteiger partial charge in [0, 0.05) is 37.2 Å². The molecule has 0 amide bonds. The lowest BCUT2D eigenvalue weighted by Gasteiger charge is -2.26. The van der Waals surface area contributed by atoms with Crippen molar-refractivity contribution in [2.75, 3.05) is 5.32 Å². The molecular formula is C22H26N6O4S. The van der Waals surface area contributed by atoms with Crippen molar-refractivity contribution in [3.05, 3.63) is 70.9 Å². The fourth-order valence-electron chi connectivity index (χ4n) is 3.91. The lowest BCUT2D eigenvalue weighted by Crippen LogP contribution is -2.37. The van der Waals surface area contributed by atoms with E-state index in [0.717, 1.165) is 37.3 Å². The van der Waals surface area contributed by atoms with Crippen molar-refractivity contribution in [2.45, 2.75) is 50.1 Å². The number of hydrogen-bond donors (Lipinski definition) is 2. The van der Waals surface area contributed by atoms with E-state index in [9.17, 15) is 18.5 Å². The minimum Gasteiger partial charge on any atom is -0.375 e. The molecule has 1 aromatic carbocycles.